The fourth-order valence-electron chi connectivity index (χ4n) is 1.53. The van der Waals surface area contributed by atoms with Gasteiger partial charge in [-0.05, 0) is 44.2 Å². The van der Waals surface area contributed by atoms with E-state index in [9.17, 15) is 4.79 Å². The number of hydrogen-bond donors (Lipinski definition) is 2. The molecule has 4 heteroatoms. The summed E-state index contributed by atoms with van der Waals surface area (Å²) in [6, 6.07) is 6.48. The summed E-state index contributed by atoms with van der Waals surface area (Å²) in [6.45, 7) is 0.635. The highest BCUT2D eigenvalue weighted by Gasteiger charge is 2.41. The molecule has 0 unspecified atom stereocenters. The van der Waals surface area contributed by atoms with Crippen LogP contribution < -0.4 is 10.1 Å². The maximum Gasteiger partial charge on any atom is 0.335 e. The summed E-state index contributed by atoms with van der Waals surface area (Å²) >= 11 is 0. The molecule has 0 atom stereocenters. The summed E-state index contributed by atoms with van der Waals surface area (Å²) in [6.07, 6.45) is 2.27. The van der Waals surface area contributed by atoms with Gasteiger partial charge in [0.15, 0.2) is 0 Å². The van der Waals surface area contributed by atoms with E-state index in [1.807, 2.05) is 7.05 Å². The number of hydrogen-bond acceptors (Lipinski definition) is 3. The Morgan fingerprint density at radius 3 is 2.50 bits per heavy atom. The number of carboxylic acid groups (broad SMARTS) is 1. The van der Waals surface area contributed by atoms with Gasteiger partial charge >= 0.3 is 5.97 Å². The van der Waals surface area contributed by atoms with E-state index in [0.29, 0.717) is 12.4 Å². The van der Waals surface area contributed by atoms with Gasteiger partial charge in [0.25, 0.3) is 0 Å². The van der Waals surface area contributed by atoms with Crippen LogP contribution in [0.1, 0.15) is 23.2 Å². The van der Waals surface area contributed by atoms with Crippen molar-refractivity contribution in [1.29, 1.82) is 0 Å². The van der Waals surface area contributed by atoms with Gasteiger partial charge in [-0.3, -0.25) is 0 Å². The summed E-state index contributed by atoms with van der Waals surface area (Å²) in [5.41, 5.74) is 0.424. The molecule has 1 aromatic carbocycles. The number of carboxylic acids is 1. The molecular formula is C12H15NO3. The Labute approximate surface area is 94.2 Å². The highest BCUT2D eigenvalue weighted by Crippen LogP contribution is 2.35. The number of rotatable bonds is 5. The molecule has 0 amide bonds. The van der Waals surface area contributed by atoms with Crippen molar-refractivity contribution in [3.63, 3.8) is 0 Å². The average molecular weight is 221 g/mol. The molecule has 4 nitrogen and oxygen atoms in total. The molecule has 0 aliphatic heterocycles. The summed E-state index contributed by atoms with van der Waals surface area (Å²) < 4.78 is 5.60. The minimum absolute atomic E-state index is 0.144. The lowest BCUT2D eigenvalue weighted by Gasteiger charge is -2.15. The Bertz CT molecular complexity index is 382. The number of ether oxygens (including phenoxy) is 1. The monoisotopic (exact) mass is 221 g/mol. The SMILES string of the molecule is CNC1(COc2ccc(C(=O)O)cc2)CC1. The van der Waals surface area contributed by atoms with Gasteiger partial charge in [-0.15, -0.1) is 0 Å². The highest BCUT2D eigenvalue weighted by molar-refractivity contribution is 5.87. The summed E-state index contributed by atoms with van der Waals surface area (Å²) in [5, 5.41) is 12.0. The lowest BCUT2D eigenvalue weighted by atomic mass is 10.2. The summed E-state index contributed by atoms with van der Waals surface area (Å²) in [7, 11) is 1.93. The van der Waals surface area contributed by atoms with E-state index in [0.717, 1.165) is 12.8 Å². The van der Waals surface area contributed by atoms with Crippen molar-refractivity contribution in [3.05, 3.63) is 29.8 Å². The molecule has 2 N–H and O–H groups in total. The quantitative estimate of drug-likeness (QED) is 0.791. The van der Waals surface area contributed by atoms with Crippen LogP contribution in [0.25, 0.3) is 0 Å². The third-order valence-electron chi connectivity index (χ3n) is 3.00. The van der Waals surface area contributed by atoms with Crippen LogP contribution in [0.2, 0.25) is 0 Å². The zero-order chi connectivity index (χ0) is 11.6. The Balaban J connectivity index is 1.93. The molecule has 0 spiro atoms. The molecule has 1 fully saturated rings. The van der Waals surface area contributed by atoms with Crippen LogP contribution in [0.5, 0.6) is 5.75 Å². The van der Waals surface area contributed by atoms with Crippen LogP contribution >= 0.6 is 0 Å². The second kappa shape index (κ2) is 4.14. The molecule has 0 heterocycles. The van der Waals surface area contributed by atoms with E-state index >= 15 is 0 Å². The van der Waals surface area contributed by atoms with Gasteiger partial charge in [-0.1, -0.05) is 0 Å². The number of likely N-dealkylation sites (N-methyl/N-ethyl adjacent to an activating group) is 1. The maximum absolute atomic E-state index is 10.6. The van der Waals surface area contributed by atoms with Gasteiger partial charge in [0.1, 0.15) is 12.4 Å². The molecule has 16 heavy (non-hydrogen) atoms. The first-order chi connectivity index (χ1) is 7.65. The van der Waals surface area contributed by atoms with Gasteiger partial charge in [0, 0.05) is 0 Å². The Kier molecular flexibility index (Phi) is 2.83. The number of carbonyl (C=O) groups is 1. The van der Waals surface area contributed by atoms with Crippen molar-refractivity contribution in [2.45, 2.75) is 18.4 Å². The zero-order valence-electron chi connectivity index (χ0n) is 9.19. The molecule has 1 aliphatic carbocycles. The normalized spacial score (nSPS) is 16.8. The third kappa shape index (κ3) is 2.33. The van der Waals surface area contributed by atoms with Crippen molar-refractivity contribution in [2.24, 2.45) is 0 Å². The average Bonchev–Trinajstić information content (AvgIpc) is 3.08. The zero-order valence-corrected chi connectivity index (χ0v) is 9.19. The van der Waals surface area contributed by atoms with Gasteiger partial charge < -0.3 is 15.2 Å². The molecule has 1 saturated carbocycles. The molecule has 1 aromatic rings. The molecule has 0 aromatic heterocycles. The molecule has 0 saturated heterocycles. The molecule has 2 rings (SSSR count). The summed E-state index contributed by atoms with van der Waals surface area (Å²) in [4.78, 5) is 10.6. The molecule has 86 valence electrons. The van der Waals surface area contributed by atoms with E-state index in [1.165, 1.54) is 0 Å². The van der Waals surface area contributed by atoms with Crippen molar-refractivity contribution < 1.29 is 14.6 Å². The van der Waals surface area contributed by atoms with Crippen molar-refractivity contribution >= 4 is 5.97 Å². The fourth-order valence-corrected chi connectivity index (χ4v) is 1.53. The maximum atomic E-state index is 10.6. The molecule has 1 aliphatic rings. The van der Waals surface area contributed by atoms with Crippen LogP contribution in [0, 0.1) is 0 Å². The second-order valence-corrected chi connectivity index (χ2v) is 4.15. The van der Waals surface area contributed by atoms with E-state index < -0.39 is 5.97 Å². The predicted octanol–water partition coefficient (Wildman–Crippen LogP) is 1.52. The second-order valence-electron chi connectivity index (χ2n) is 4.15. The van der Waals surface area contributed by atoms with Crippen LogP contribution in [-0.4, -0.2) is 30.3 Å². The Morgan fingerprint density at radius 2 is 2.06 bits per heavy atom. The predicted molar refractivity (Wildman–Crippen MR) is 59.9 cm³/mol. The largest absolute Gasteiger partial charge is 0.492 e. The smallest absolute Gasteiger partial charge is 0.335 e. The van der Waals surface area contributed by atoms with Crippen molar-refractivity contribution in [1.82, 2.24) is 5.32 Å². The van der Waals surface area contributed by atoms with Gasteiger partial charge in [-0.2, -0.15) is 0 Å². The molecule has 0 radical (unpaired) electrons. The van der Waals surface area contributed by atoms with E-state index in [1.54, 1.807) is 24.3 Å². The van der Waals surface area contributed by atoms with Gasteiger partial charge in [0.2, 0.25) is 0 Å². The first-order valence-corrected chi connectivity index (χ1v) is 5.30. The fraction of sp³-hybridized carbons (Fsp3) is 0.417. The standard InChI is InChI=1S/C12H15NO3/c1-13-12(6-7-12)8-16-10-4-2-9(3-5-10)11(14)15/h2-5,13H,6-8H2,1H3,(H,14,15). The van der Waals surface area contributed by atoms with E-state index in [4.69, 9.17) is 9.84 Å². The Morgan fingerprint density at radius 1 is 1.44 bits per heavy atom. The topological polar surface area (TPSA) is 58.6 Å². The molecule has 0 bridgehead atoms. The number of nitrogens with one attached hydrogen (secondary N) is 1. The minimum Gasteiger partial charge on any atom is -0.492 e. The Hall–Kier alpha value is -1.55. The van der Waals surface area contributed by atoms with E-state index in [2.05, 4.69) is 5.32 Å². The van der Waals surface area contributed by atoms with Gasteiger partial charge in [0.05, 0.1) is 11.1 Å². The van der Waals surface area contributed by atoms with E-state index in [-0.39, 0.29) is 11.1 Å². The van der Waals surface area contributed by atoms with Crippen molar-refractivity contribution in [2.75, 3.05) is 13.7 Å². The van der Waals surface area contributed by atoms with Crippen LogP contribution in [-0.2, 0) is 0 Å². The van der Waals surface area contributed by atoms with Crippen LogP contribution in [0.15, 0.2) is 24.3 Å². The highest BCUT2D eigenvalue weighted by atomic mass is 16.5. The lowest BCUT2D eigenvalue weighted by Crippen LogP contribution is -2.33. The number of benzene rings is 1. The van der Waals surface area contributed by atoms with Gasteiger partial charge in [-0.25, -0.2) is 4.79 Å². The lowest BCUT2D eigenvalue weighted by molar-refractivity contribution is 0.0697. The van der Waals surface area contributed by atoms with Crippen LogP contribution in [0.4, 0.5) is 0 Å². The third-order valence-corrected chi connectivity index (χ3v) is 3.00. The minimum atomic E-state index is -0.916. The van der Waals surface area contributed by atoms with Crippen molar-refractivity contribution in [3.8, 4) is 5.75 Å². The first kappa shape index (κ1) is 11.0. The first-order valence-electron chi connectivity index (χ1n) is 5.30. The van der Waals surface area contributed by atoms with Crippen LogP contribution in [0.3, 0.4) is 0 Å². The number of aromatic carboxylic acids is 1. The molecular weight excluding hydrogens is 206 g/mol. The summed E-state index contributed by atoms with van der Waals surface area (Å²) in [5.74, 6) is -0.202.